The maximum absolute atomic E-state index is 9.22. The zero-order valence-electron chi connectivity index (χ0n) is 10.3. The van der Waals surface area contributed by atoms with Gasteiger partial charge in [-0.1, -0.05) is 17.3 Å². The summed E-state index contributed by atoms with van der Waals surface area (Å²) in [5, 5.41) is 17.2. The van der Waals surface area contributed by atoms with Crippen LogP contribution in [0.3, 0.4) is 0 Å². The van der Waals surface area contributed by atoms with Crippen molar-refractivity contribution < 1.29 is 9.63 Å². The van der Waals surface area contributed by atoms with E-state index in [1.807, 2.05) is 25.4 Å². The molecule has 2 aromatic heterocycles. The molecule has 96 valence electrons. The Balaban J connectivity index is 1.80. The lowest BCUT2D eigenvalue weighted by Crippen LogP contribution is -1.88. The number of hydrogen-bond donors (Lipinski definition) is 1. The zero-order valence-corrected chi connectivity index (χ0v) is 10.3. The van der Waals surface area contributed by atoms with Crippen LogP contribution in [-0.4, -0.2) is 25.0 Å². The van der Waals surface area contributed by atoms with Gasteiger partial charge in [0.15, 0.2) is 0 Å². The van der Waals surface area contributed by atoms with E-state index in [4.69, 9.17) is 4.52 Å². The third kappa shape index (κ3) is 2.47. The molecule has 0 aliphatic heterocycles. The first-order valence-electron chi connectivity index (χ1n) is 5.80. The highest BCUT2D eigenvalue weighted by molar-refractivity contribution is 5.51. The first-order valence-corrected chi connectivity index (χ1v) is 5.80. The Labute approximate surface area is 109 Å². The summed E-state index contributed by atoms with van der Waals surface area (Å²) in [5.41, 5.74) is 1.82. The van der Waals surface area contributed by atoms with Crippen molar-refractivity contribution in [3.8, 4) is 17.1 Å². The second kappa shape index (κ2) is 4.56. The van der Waals surface area contributed by atoms with Gasteiger partial charge in [-0.3, -0.25) is 4.68 Å². The summed E-state index contributed by atoms with van der Waals surface area (Å²) in [7, 11) is 1.83. The largest absolute Gasteiger partial charge is 0.508 e. The van der Waals surface area contributed by atoms with E-state index in [1.165, 1.54) is 0 Å². The third-order valence-corrected chi connectivity index (χ3v) is 2.72. The van der Waals surface area contributed by atoms with Crippen molar-refractivity contribution in [2.75, 3.05) is 0 Å². The van der Waals surface area contributed by atoms with Gasteiger partial charge in [0.2, 0.25) is 11.7 Å². The number of rotatable bonds is 3. The van der Waals surface area contributed by atoms with E-state index in [0.717, 1.165) is 11.1 Å². The minimum absolute atomic E-state index is 0.241. The Bertz CT molecular complexity index is 685. The normalized spacial score (nSPS) is 10.8. The zero-order chi connectivity index (χ0) is 13.2. The molecule has 6 nitrogen and oxygen atoms in total. The van der Waals surface area contributed by atoms with Crippen LogP contribution in [0.15, 0.2) is 41.2 Å². The van der Waals surface area contributed by atoms with E-state index in [9.17, 15) is 5.11 Å². The lowest BCUT2D eigenvalue weighted by molar-refractivity contribution is 0.385. The maximum Gasteiger partial charge on any atom is 0.231 e. The monoisotopic (exact) mass is 256 g/mol. The molecule has 1 N–H and O–H groups in total. The van der Waals surface area contributed by atoms with E-state index < -0.39 is 0 Å². The van der Waals surface area contributed by atoms with Crippen molar-refractivity contribution in [1.82, 2.24) is 19.9 Å². The summed E-state index contributed by atoms with van der Waals surface area (Å²) in [6, 6.07) is 6.91. The molecule has 3 aromatic rings. The molecular formula is C13H12N4O2. The second-order valence-electron chi connectivity index (χ2n) is 4.26. The maximum atomic E-state index is 9.22. The van der Waals surface area contributed by atoms with Gasteiger partial charge < -0.3 is 9.63 Å². The van der Waals surface area contributed by atoms with Crippen molar-refractivity contribution in [2.45, 2.75) is 6.42 Å². The molecule has 0 aliphatic carbocycles. The molecule has 0 aliphatic rings. The Morgan fingerprint density at radius 1 is 1.26 bits per heavy atom. The van der Waals surface area contributed by atoms with Crippen molar-refractivity contribution in [1.29, 1.82) is 0 Å². The van der Waals surface area contributed by atoms with Gasteiger partial charge in [0.1, 0.15) is 5.75 Å². The van der Waals surface area contributed by atoms with Crippen LogP contribution in [0.4, 0.5) is 0 Å². The molecular weight excluding hydrogens is 244 g/mol. The van der Waals surface area contributed by atoms with Crippen LogP contribution in [-0.2, 0) is 13.5 Å². The van der Waals surface area contributed by atoms with Crippen LogP contribution in [0.1, 0.15) is 11.5 Å². The van der Waals surface area contributed by atoms with Gasteiger partial charge in [0, 0.05) is 13.2 Å². The minimum atomic E-state index is 0.241. The third-order valence-electron chi connectivity index (χ3n) is 2.72. The highest BCUT2D eigenvalue weighted by Gasteiger charge is 2.10. The van der Waals surface area contributed by atoms with Gasteiger partial charge in [0.25, 0.3) is 0 Å². The van der Waals surface area contributed by atoms with Gasteiger partial charge in [0.05, 0.1) is 18.2 Å². The second-order valence-corrected chi connectivity index (χ2v) is 4.26. The van der Waals surface area contributed by atoms with Crippen LogP contribution in [0.25, 0.3) is 11.4 Å². The number of aryl methyl sites for hydroxylation is 1. The number of aromatic nitrogens is 4. The quantitative estimate of drug-likeness (QED) is 0.772. The predicted molar refractivity (Wildman–Crippen MR) is 67.4 cm³/mol. The van der Waals surface area contributed by atoms with Crippen LogP contribution in [0, 0.1) is 0 Å². The molecule has 19 heavy (non-hydrogen) atoms. The molecule has 1 aromatic carbocycles. The minimum Gasteiger partial charge on any atom is -0.508 e. The lowest BCUT2D eigenvalue weighted by atomic mass is 10.1. The van der Waals surface area contributed by atoms with Gasteiger partial charge >= 0.3 is 0 Å². The Kier molecular flexibility index (Phi) is 2.75. The summed E-state index contributed by atoms with van der Waals surface area (Å²) in [6.45, 7) is 0. The van der Waals surface area contributed by atoms with Crippen molar-refractivity contribution in [3.63, 3.8) is 0 Å². The Morgan fingerprint density at radius 2 is 2.05 bits per heavy atom. The number of phenolic OH excluding ortho intramolecular Hbond substituents is 1. The van der Waals surface area contributed by atoms with E-state index >= 15 is 0 Å². The summed E-state index contributed by atoms with van der Waals surface area (Å²) in [4.78, 5) is 4.32. The van der Waals surface area contributed by atoms with E-state index in [0.29, 0.717) is 18.1 Å². The van der Waals surface area contributed by atoms with E-state index in [2.05, 4.69) is 15.2 Å². The predicted octanol–water partition coefficient (Wildman–Crippen LogP) is 1.77. The lowest BCUT2D eigenvalue weighted by Gasteiger charge is -1.96. The van der Waals surface area contributed by atoms with E-state index in [-0.39, 0.29) is 5.75 Å². The van der Waals surface area contributed by atoms with Gasteiger partial charge in [-0.05, 0) is 17.7 Å². The van der Waals surface area contributed by atoms with Crippen LogP contribution >= 0.6 is 0 Å². The number of hydrogen-bond acceptors (Lipinski definition) is 5. The highest BCUT2D eigenvalue weighted by Crippen LogP contribution is 2.17. The van der Waals surface area contributed by atoms with E-state index in [1.54, 1.807) is 23.0 Å². The van der Waals surface area contributed by atoms with Gasteiger partial charge in [-0.15, -0.1) is 0 Å². The number of nitrogens with zero attached hydrogens (tertiary/aromatic N) is 4. The summed E-state index contributed by atoms with van der Waals surface area (Å²) in [5.74, 6) is 1.30. The first-order chi connectivity index (χ1) is 9.20. The van der Waals surface area contributed by atoms with Crippen molar-refractivity contribution >= 4 is 0 Å². The molecule has 0 unspecified atom stereocenters. The molecule has 0 atom stereocenters. The standard InChI is InChI=1S/C13H12N4O2/c1-17-8-10(7-14-17)13-15-12(19-16-13)6-9-2-4-11(18)5-3-9/h2-5,7-8,18H,6H2,1H3. The average molecular weight is 256 g/mol. The number of aromatic hydroxyl groups is 1. The molecule has 0 saturated carbocycles. The molecule has 6 heteroatoms. The summed E-state index contributed by atoms with van der Waals surface area (Å²) >= 11 is 0. The molecule has 0 bridgehead atoms. The summed E-state index contributed by atoms with van der Waals surface area (Å²) in [6.07, 6.45) is 4.05. The fraction of sp³-hybridized carbons (Fsp3) is 0.154. The SMILES string of the molecule is Cn1cc(-c2noc(Cc3ccc(O)cc3)n2)cn1. The fourth-order valence-electron chi connectivity index (χ4n) is 1.77. The summed E-state index contributed by atoms with van der Waals surface area (Å²) < 4.78 is 6.89. The van der Waals surface area contributed by atoms with Crippen LogP contribution < -0.4 is 0 Å². The van der Waals surface area contributed by atoms with Gasteiger partial charge in [-0.25, -0.2) is 0 Å². The molecule has 2 heterocycles. The van der Waals surface area contributed by atoms with Crippen LogP contribution in [0.5, 0.6) is 5.75 Å². The molecule has 0 fully saturated rings. The Morgan fingerprint density at radius 3 is 2.74 bits per heavy atom. The molecule has 3 rings (SSSR count). The molecule has 0 saturated heterocycles. The van der Waals surface area contributed by atoms with Crippen molar-refractivity contribution in [2.24, 2.45) is 7.05 Å². The molecule has 0 spiro atoms. The van der Waals surface area contributed by atoms with Crippen molar-refractivity contribution in [3.05, 3.63) is 48.1 Å². The van der Waals surface area contributed by atoms with Crippen LogP contribution in [0.2, 0.25) is 0 Å². The topological polar surface area (TPSA) is 77.0 Å². The number of benzene rings is 1. The average Bonchev–Trinajstić information content (AvgIpc) is 3.01. The molecule has 0 amide bonds. The Hall–Kier alpha value is -2.63. The smallest absolute Gasteiger partial charge is 0.231 e. The van der Waals surface area contributed by atoms with Gasteiger partial charge in [-0.2, -0.15) is 10.1 Å². The molecule has 0 radical (unpaired) electrons. The first kappa shape index (κ1) is 11.5. The highest BCUT2D eigenvalue weighted by atomic mass is 16.5. The number of phenols is 1. The fourth-order valence-corrected chi connectivity index (χ4v) is 1.77.